The van der Waals surface area contributed by atoms with Crippen LogP contribution in [0.4, 0.5) is 5.69 Å². The summed E-state index contributed by atoms with van der Waals surface area (Å²) in [7, 11) is 0. The molecule has 3 amide bonds. The smallest absolute Gasteiger partial charge is 0.317 e. The molecule has 3 rings (SSSR count). The highest BCUT2D eigenvalue weighted by atomic mass is 16.5. The summed E-state index contributed by atoms with van der Waals surface area (Å²) in [5, 5.41) is 0. The number of piperidine rings is 1. The van der Waals surface area contributed by atoms with Crippen molar-refractivity contribution >= 4 is 29.4 Å². The molecule has 33 heavy (non-hydrogen) atoms. The summed E-state index contributed by atoms with van der Waals surface area (Å²) in [6.07, 6.45) is 0.810. The number of rotatable bonds is 8. The molecule has 2 aromatic carbocycles. The summed E-state index contributed by atoms with van der Waals surface area (Å²) in [5.41, 5.74) is 5.73. The summed E-state index contributed by atoms with van der Waals surface area (Å²) >= 11 is 0. The second kappa shape index (κ2) is 10.8. The molecule has 1 heterocycles. The number of hydrogen-bond donors (Lipinski definition) is 1. The van der Waals surface area contributed by atoms with Crippen molar-refractivity contribution in [3.63, 3.8) is 0 Å². The Labute approximate surface area is 193 Å². The number of carbonyl (C=O) groups excluding carboxylic acids is 4. The van der Waals surface area contributed by atoms with Crippen molar-refractivity contribution in [1.29, 1.82) is 0 Å². The van der Waals surface area contributed by atoms with Crippen molar-refractivity contribution in [1.82, 2.24) is 4.90 Å². The maximum Gasteiger partial charge on any atom is 0.317 e. The van der Waals surface area contributed by atoms with Gasteiger partial charge in [0.1, 0.15) is 0 Å². The van der Waals surface area contributed by atoms with E-state index in [9.17, 15) is 19.2 Å². The lowest BCUT2D eigenvalue weighted by Gasteiger charge is -2.40. The molecule has 0 radical (unpaired) electrons. The zero-order valence-electron chi connectivity index (χ0n) is 18.7. The average molecular weight is 452 g/mol. The van der Waals surface area contributed by atoms with Crippen molar-refractivity contribution < 1.29 is 23.9 Å². The second-order valence-corrected chi connectivity index (χ2v) is 8.13. The van der Waals surface area contributed by atoms with Crippen molar-refractivity contribution in [2.75, 3.05) is 31.1 Å². The van der Waals surface area contributed by atoms with Gasteiger partial charge in [0.05, 0.1) is 5.41 Å². The summed E-state index contributed by atoms with van der Waals surface area (Å²) in [6.45, 7) is 2.01. The van der Waals surface area contributed by atoms with E-state index in [-0.39, 0.29) is 18.9 Å². The molecule has 0 atom stereocenters. The number of benzene rings is 2. The maximum absolute atomic E-state index is 13.4. The number of carbonyl (C=O) groups is 4. The Morgan fingerprint density at radius 3 is 2.09 bits per heavy atom. The Morgan fingerprint density at radius 1 is 0.970 bits per heavy atom. The predicted molar refractivity (Wildman–Crippen MR) is 123 cm³/mol. The van der Waals surface area contributed by atoms with E-state index in [1.54, 1.807) is 29.2 Å². The largest absolute Gasteiger partial charge is 0.455 e. The van der Waals surface area contributed by atoms with E-state index in [0.717, 1.165) is 5.56 Å². The van der Waals surface area contributed by atoms with Crippen LogP contribution >= 0.6 is 0 Å². The van der Waals surface area contributed by atoms with Crippen LogP contribution in [0.1, 0.15) is 31.7 Å². The van der Waals surface area contributed by atoms with Gasteiger partial charge in [-0.1, -0.05) is 48.5 Å². The molecule has 1 saturated heterocycles. The fourth-order valence-corrected chi connectivity index (χ4v) is 4.14. The third-order valence-corrected chi connectivity index (χ3v) is 6.06. The molecule has 0 spiro atoms. The van der Waals surface area contributed by atoms with Gasteiger partial charge in [-0.15, -0.1) is 0 Å². The molecule has 0 aliphatic carbocycles. The lowest BCUT2D eigenvalue weighted by molar-refractivity contribution is -0.156. The van der Waals surface area contributed by atoms with Crippen LogP contribution in [0.25, 0.3) is 0 Å². The van der Waals surface area contributed by atoms with Crippen molar-refractivity contribution in [3.05, 3.63) is 66.2 Å². The van der Waals surface area contributed by atoms with E-state index in [1.807, 2.05) is 36.4 Å². The van der Waals surface area contributed by atoms with E-state index in [4.69, 9.17) is 10.5 Å². The Morgan fingerprint density at radius 2 is 1.55 bits per heavy atom. The molecule has 8 heteroatoms. The molecule has 2 N–H and O–H groups in total. The zero-order valence-corrected chi connectivity index (χ0v) is 18.7. The predicted octanol–water partition coefficient (Wildman–Crippen LogP) is 2.02. The highest BCUT2D eigenvalue weighted by Gasteiger charge is 2.45. The number of esters is 1. The number of ether oxygens (including phenoxy) is 1. The topological polar surface area (TPSA) is 110 Å². The molecule has 174 valence electrons. The van der Waals surface area contributed by atoms with Crippen LogP contribution in [0.15, 0.2) is 60.7 Å². The Balaban J connectivity index is 1.75. The van der Waals surface area contributed by atoms with Crippen LogP contribution in [0.2, 0.25) is 0 Å². The molecule has 1 aliphatic rings. The van der Waals surface area contributed by atoms with Gasteiger partial charge in [-0.25, -0.2) is 0 Å². The van der Waals surface area contributed by atoms with Gasteiger partial charge in [-0.3, -0.25) is 19.2 Å². The molecular formula is C25H29N3O5. The monoisotopic (exact) mass is 451 g/mol. The van der Waals surface area contributed by atoms with Crippen LogP contribution in [0.5, 0.6) is 0 Å². The molecular weight excluding hydrogens is 422 g/mol. The van der Waals surface area contributed by atoms with Crippen LogP contribution in [-0.2, 0) is 29.3 Å². The number of primary amides is 1. The number of hydrogen-bond acceptors (Lipinski definition) is 5. The third-order valence-electron chi connectivity index (χ3n) is 6.06. The highest BCUT2D eigenvalue weighted by Crippen LogP contribution is 2.37. The van der Waals surface area contributed by atoms with E-state index in [0.29, 0.717) is 31.6 Å². The van der Waals surface area contributed by atoms with Crippen molar-refractivity contribution in [2.24, 2.45) is 5.73 Å². The third kappa shape index (κ3) is 5.77. The van der Waals surface area contributed by atoms with Gasteiger partial charge in [0.2, 0.25) is 11.8 Å². The number of nitrogens with zero attached hydrogens (tertiary/aromatic N) is 2. The maximum atomic E-state index is 13.4. The standard InChI is InChI=1S/C25H29N3O5/c1-19(29)27-16-13-25(14-17-27,20-8-4-2-5-9-20)24(32)33-18-23(31)28(15-12-22(26)30)21-10-6-3-7-11-21/h2-11H,12-18H2,1H3,(H2,26,30). The molecule has 1 fully saturated rings. The first-order valence-corrected chi connectivity index (χ1v) is 11.0. The van der Waals surface area contributed by atoms with Crippen molar-refractivity contribution in [3.8, 4) is 0 Å². The average Bonchev–Trinajstić information content (AvgIpc) is 2.83. The van der Waals surface area contributed by atoms with Crippen LogP contribution < -0.4 is 10.6 Å². The van der Waals surface area contributed by atoms with Gasteiger partial charge < -0.3 is 20.3 Å². The van der Waals surface area contributed by atoms with Crippen LogP contribution in [-0.4, -0.2) is 54.8 Å². The Kier molecular flexibility index (Phi) is 7.82. The first-order chi connectivity index (χ1) is 15.8. The molecule has 0 saturated carbocycles. The first kappa shape index (κ1) is 24.0. The zero-order chi connectivity index (χ0) is 23.8. The summed E-state index contributed by atoms with van der Waals surface area (Å²) < 4.78 is 5.56. The van der Waals surface area contributed by atoms with E-state index in [1.165, 1.54) is 11.8 Å². The number of para-hydroxylation sites is 1. The van der Waals surface area contributed by atoms with Gasteiger partial charge in [0.25, 0.3) is 5.91 Å². The summed E-state index contributed by atoms with van der Waals surface area (Å²) in [6, 6.07) is 18.2. The SMILES string of the molecule is CC(=O)N1CCC(C(=O)OCC(=O)N(CCC(N)=O)c2ccccc2)(c2ccccc2)CC1. The Hall–Kier alpha value is -3.68. The normalized spacial score (nSPS) is 14.9. The minimum absolute atomic E-state index is 0.0105. The van der Waals surface area contributed by atoms with Crippen LogP contribution in [0.3, 0.4) is 0 Å². The Bertz CT molecular complexity index is 986. The second-order valence-electron chi connectivity index (χ2n) is 8.13. The van der Waals surface area contributed by atoms with E-state index < -0.39 is 29.8 Å². The minimum Gasteiger partial charge on any atom is -0.455 e. The van der Waals surface area contributed by atoms with Crippen LogP contribution in [0, 0.1) is 0 Å². The van der Waals surface area contributed by atoms with Gasteiger partial charge in [0.15, 0.2) is 6.61 Å². The first-order valence-electron chi connectivity index (χ1n) is 11.0. The van der Waals surface area contributed by atoms with Gasteiger partial charge in [-0.05, 0) is 30.5 Å². The lowest BCUT2D eigenvalue weighted by atomic mass is 9.72. The van der Waals surface area contributed by atoms with Gasteiger partial charge >= 0.3 is 5.97 Å². The lowest BCUT2D eigenvalue weighted by Crippen LogP contribution is -2.50. The molecule has 0 unspecified atom stereocenters. The highest BCUT2D eigenvalue weighted by molar-refractivity contribution is 5.96. The molecule has 8 nitrogen and oxygen atoms in total. The minimum atomic E-state index is -0.932. The summed E-state index contributed by atoms with van der Waals surface area (Å²) in [5.74, 6) is -1.50. The number of amides is 3. The fourth-order valence-electron chi connectivity index (χ4n) is 4.14. The molecule has 0 bridgehead atoms. The van der Waals surface area contributed by atoms with E-state index >= 15 is 0 Å². The number of nitrogens with two attached hydrogens (primary N) is 1. The quantitative estimate of drug-likeness (QED) is 0.618. The van der Waals surface area contributed by atoms with Gasteiger partial charge in [0, 0.05) is 38.7 Å². The molecule has 0 aromatic heterocycles. The molecule has 1 aliphatic heterocycles. The molecule has 2 aromatic rings. The summed E-state index contributed by atoms with van der Waals surface area (Å²) in [4.78, 5) is 52.5. The number of anilines is 1. The fraction of sp³-hybridized carbons (Fsp3) is 0.360. The van der Waals surface area contributed by atoms with Gasteiger partial charge in [-0.2, -0.15) is 0 Å². The number of likely N-dealkylation sites (tertiary alicyclic amines) is 1. The van der Waals surface area contributed by atoms with E-state index in [2.05, 4.69) is 0 Å². The van der Waals surface area contributed by atoms with Crippen molar-refractivity contribution in [2.45, 2.75) is 31.6 Å².